The number of carbonyl (C=O) groups is 1. The lowest BCUT2D eigenvalue weighted by molar-refractivity contribution is -0.00177. The van der Waals surface area contributed by atoms with Gasteiger partial charge in [-0.05, 0) is 55.6 Å². The molecule has 2 fully saturated rings. The molecule has 0 bridgehead atoms. The second-order valence-corrected chi connectivity index (χ2v) is 9.15. The molecule has 2 heterocycles. The topological polar surface area (TPSA) is 62.7 Å². The lowest BCUT2D eigenvalue weighted by Crippen LogP contribution is -2.50. The van der Waals surface area contributed by atoms with Crippen LogP contribution in [0.4, 0.5) is 4.79 Å². The van der Waals surface area contributed by atoms with Crippen LogP contribution in [-0.2, 0) is 10.3 Å². The summed E-state index contributed by atoms with van der Waals surface area (Å²) in [6.45, 7) is 5.86. The molecule has 1 unspecified atom stereocenters. The minimum Gasteiger partial charge on any atom is -0.444 e. The number of hydrogen-bond acceptors (Lipinski definition) is 4. The molecule has 1 aromatic rings. The van der Waals surface area contributed by atoms with E-state index in [9.17, 15) is 9.90 Å². The van der Waals surface area contributed by atoms with Gasteiger partial charge in [0.25, 0.3) is 0 Å². The van der Waals surface area contributed by atoms with Crippen molar-refractivity contribution in [2.45, 2.75) is 76.0 Å². The average Bonchev–Trinajstić information content (AvgIpc) is 2.80. The Labute approximate surface area is 157 Å². The van der Waals surface area contributed by atoms with Crippen LogP contribution in [0.1, 0.15) is 64.9 Å². The van der Waals surface area contributed by atoms with E-state index in [2.05, 4.69) is 20.9 Å². The molecule has 1 spiro atoms. The molecule has 0 aromatic carbocycles. The molecule has 138 valence electrons. The van der Waals surface area contributed by atoms with Crippen LogP contribution in [0.25, 0.3) is 0 Å². The number of amides is 1. The third-order valence-corrected chi connectivity index (χ3v) is 5.90. The standard InChI is InChI=1S/C19H27BrN2O3/c1-17(2,3)25-16(23)22-13-19(24,14-8-7-11-21-15(14)20)12-18(22)9-5-4-6-10-18/h7-8,11,24H,4-6,9-10,12-13H2,1-3H3. The summed E-state index contributed by atoms with van der Waals surface area (Å²) in [4.78, 5) is 18.9. The molecule has 1 N–H and O–H groups in total. The summed E-state index contributed by atoms with van der Waals surface area (Å²) in [6, 6.07) is 3.70. The molecule has 25 heavy (non-hydrogen) atoms. The number of likely N-dealkylation sites (tertiary alicyclic amines) is 1. The first-order valence-electron chi connectivity index (χ1n) is 8.99. The van der Waals surface area contributed by atoms with E-state index in [0.717, 1.165) is 31.2 Å². The van der Waals surface area contributed by atoms with E-state index in [1.54, 1.807) is 11.1 Å². The van der Waals surface area contributed by atoms with Gasteiger partial charge in [-0.3, -0.25) is 4.90 Å². The van der Waals surface area contributed by atoms with Crippen LogP contribution in [0.15, 0.2) is 22.9 Å². The van der Waals surface area contributed by atoms with Gasteiger partial charge in [-0.2, -0.15) is 0 Å². The van der Waals surface area contributed by atoms with E-state index in [1.807, 2.05) is 32.9 Å². The Kier molecular flexibility index (Phi) is 4.88. The number of aliphatic hydroxyl groups is 1. The molecule has 6 heteroatoms. The fourth-order valence-corrected chi connectivity index (χ4v) is 4.89. The van der Waals surface area contributed by atoms with Crippen molar-refractivity contribution in [3.05, 3.63) is 28.5 Å². The molecule has 1 aromatic heterocycles. The SMILES string of the molecule is CC(C)(C)OC(=O)N1CC(O)(c2cccnc2Br)CC12CCCCC2. The molecule has 2 aliphatic rings. The van der Waals surface area contributed by atoms with Gasteiger partial charge in [0.15, 0.2) is 0 Å². The number of carbonyl (C=O) groups excluding carboxylic acids is 1. The lowest BCUT2D eigenvalue weighted by atomic mass is 9.76. The van der Waals surface area contributed by atoms with E-state index in [4.69, 9.17) is 4.74 Å². The van der Waals surface area contributed by atoms with Crippen LogP contribution in [0, 0.1) is 0 Å². The van der Waals surface area contributed by atoms with E-state index < -0.39 is 11.2 Å². The highest BCUT2D eigenvalue weighted by Crippen LogP contribution is 2.50. The number of nitrogens with zero attached hydrogens (tertiary/aromatic N) is 2. The molecule has 1 amide bonds. The lowest BCUT2D eigenvalue weighted by Gasteiger charge is -2.41. The maximum absolute atomic E-state index is 12.9. The largest absolute Gasteiger partial charge is 0.444 e. The summed E-state index contributed by atoms with van der Waals surface area (Å²) in [5, 5.41) is 11.5. The van der Waals surface area contributed by atoms with Gasteiger partial charge in [0, 0.05) is 23.7 Å². The zero-order valence-electron chi connectivity index (χ0n) is 15.2. The monoisotopic (exact) mass is 410 g/mol. The van der Waals surface area contributed by atoms with Gasteiger partial charge in [0.05, 0.1) is 6.54 Å². The van der Waals surface area contributed by atoms with Crippen molar-refractivity contribution in [1.29, 1.82) is 0 Å². The Bertz CT molecular complexity index is 652. The van der Waals surface area contributed by atoms with Crippen LogP contribution in [0.2, 0.25) is 0 Å². The summed E-state index contributed by atoms with van der Waals surface area (Å²) in [7, 11) is 0. The second-order valence-electron chi connectivity index (χ2n) is 8.40. The van der Waals surface area contributed by atoms with Crippen molar-refractivity contribution in [3.8, 4) is 0 Å². The molecule has 1 aliphatic carbocycles. The fourth-order valence-electron chi connectivity index (χ4n) is 4.27. The number of aromatic nitrogens is 1. The van der Waals surface area contributed by atoms with Crippen molar-refractivity contribution in [3.63, 3.8) is 0 Å². The van der Waals surface area contributed by atoms with E-state index in [1.165, 1.54) is 6.42 Å². The van der Waals surface area contributed by atoms with Crippen molar-refractivity contribution >= 4 is 22.0 Å². The van der Waals surface area contributed by atoms with Crippen LogP contribution in [0.3, 0.4) is 0 Å². The molecule has 5 nitrogen and oxygen atoms in total. The van der Waals surface area contributed by atoms with Gasteiger partial charge in [-0.25, -0.2) is 9.78 Å². The Hall–Kier alpha value is -1.14. The minimum atomic E-state index is -1.11. The molecule has 3 rings (SSSR count). The van der Waals surface area contributed by atoms with Crippen molar-refractivity contribution < 1.29 is 14.6 Å². The maximum atomic E-state index is 12.9. The molecule has 1 aliphatic heterocycles. The predicted molar refractivity (Wildman–Crippen MR) is 99.2 cm³/mol. The molecule has 1 saturated heterocycles. The molecule has 1 atom stereocenters. The van der Waals surface area contributed by atoms with Crippen LogP contribution in [0.5, 0.6) is 0 Å². The third kappa shape index (κ3) is 3.70. The molecular weight excluding hydrogens is 384 g/mol. The first kappa shape index (κ1) is 18.6. The normalized spacial score (nSPS) is 26.0. The summed E-state index contributed by atoms with van der Waals surface area (Å²) in [5.74, 6) is 0. The summed E-state index contributed by atoms with van der Waals surface area (Å²) < 4.78 is 6.29. The van der Waals surface area contributed by atoms with E-state index in [0.29, 0.717) is 11.0 Å². The molecule has 0 radical (unpaired) electrons. The first-order valence-corrected chi connectivity index (χ1v) is 9.79. The molecular formula is C19H27BrN2O3. The van der Waals surface area contributed by atoms with Crippen LogP contribution < -0.4 is 0 Å². The van der Waals surface area contributed by atoms with Gasteiger partial charge in [-0.1, -0.05) is 25.3 Å². The number of halogens is 1. The van der Waals surface area contributed by atoms with Crippen molar-refractivity contribution in [2.24, 2.45) is 0 Å². The fraction of sp³-hybridized carbons (Fsp3) is 0.684. The van der Waals surface area contributed by atoms with Gasteiger partial charge in [0.1, 0.15) is 15.8 Å². The number of β-amino-alcohol motifs (C(OH)–C–C–N with tert-alkyl or cyclic N) is 1. The highest BCUT2D eigenvalue weighted by Gasteiger charge is 2.56. The zero-order chi connectivity index (χ0) is 18.3. The average molecular weight is 411 g/mol. The zero-order valence-corrected chi connectivity index (χ0v) is 16.8. The van der Waals surface area contributed by atoms with E-state index >= 15 is 0 Å². The highest BCUT2D eigenvalue weighted by atomic mass is 79.9. The van der Waals surface area contributed by atoms with Gasteiger partial charge in [0.2, 0.25) is 0 Å². The summed E-state index contributed by atoms with van der Waals surface area (Å²) in [6.07, 6.45) is 7.04. The quantitative estimate of drug-likeness (QED) is 0.697. The predicted octanol–water partition coefficient (Wildman–Crippen LogP) is 4.38. The number of pyridine rings is 1. The Balaban J connectivity index is 1.96. The van der Waals surface area contributed by atoms with Crippen molar-refractivity contribution in [2.75, 3.05) is 6.54 Å². The number of ether oxygens (including phenoxy) is 1. The van der Waals surface area contributed by atoms with Crippen LogP contribution in [-0.4, -0.2) is 38.8 Å². The second kappa shape index (κ2) is 6.54. The van der Waals surface area contributed by atoms with E-state index in [-0.39, 0.29) is 18.2 Å². The Morgan fingerprint density at radius 3 is 2.60 bits per heavy atom. The van der Waals surface area contributed by atoms with Gasteiger partial charge in [-0.15, -0.1) is 0 Å². The number of rotatable bonds is 1. The van der Waals surface area contributed by atoms with Crippen LogP contribution >= 0.6 is 15.9 Å². The first-order chi connectivity index (χ1) is 11.7. The number of hydrogen-bond donors (Lipinski definition) is 1. The Morgan fingerprint density at radius 2 is 2.00 bits per heavy atom. The smallest absolute Gasteiger partial charge is 0.410 e. The summed E-state index contributed by atoms with van der Waals surface area (Å²) >= 11 is 3.45. The highest BCUT2D eigenvalue weighted by molar-refractivity contribution is 9.10. The van der Waals surface area contributed by atoms with Gasteiger partial charge < -0.3 is 9.84 Å². The summed E-state index contributed by atoms with van der Waals surface area (Å²) in [5.41, 5.74) is -1.25. The van der Waals surface area contributed by atoms with Crippen molar-refractivity contribution in [1.82, 2.24) is 9.88 Å². The maximum Gasteiger partial charge on any atom is 0.410 e. The Morgan fingerprint density at radius 1 is 1.32 bits per heavy atom. The van der Waals surface area contributed by atoms with Gasteiger partial charge >= 0.3 is 6.09 Å². The molecule has 1 saturated carbocycles. The third-order valence-electron chi connectivity index (χ3n) is 5.27. The minimum absolute atomic E-state index is 0.242.